The molecule has 0 aliphatic carbocycles. The zero-order chi connectivity index (χ0) is 21.3. The van der Waals surface area contributed by atoms with Gasteiger partial charge >= 0.3 is 5.97 Å². The van der Waals surface area contributed by atoms with Crippen LogP contribution in [0.5, 0.6) is 11.5 Å². The van der Waals surface area contributed by atoms with Crippen molar-refractivity contribution in [3.05, 3.63) is 104 Å². The number of halogens is 1. The zero-order valence-corrected chi connectivity index (χ0v) is 16.0. The molecule has 8 heteroatoms. The van der Waals surface area contributed by atoms with Gasteiger partial charge in [-0.2, -0.15) is 0 Å². The van der Waals surface area contributed by atoms with Gasteiger partial charge in [0.1, 0.15) is 11.5 Å². The number of nitro benzene ring substituents is 1. The maximum atomic E-state index is 12.6. The standard InChI is InChI=1S/C22H12ClNO6/c23-18-4-2-1-3-14(18)11-20-21(25)17-10-9-16(12-19(17)30-20)29-22(26)13-5-7-15(8-6-13)24(27)28/h1-12H/b20-11-. The summed E-state index contributed by atoms with van der Waals surface area (Å²) in [7, 11) is 0. The summed E-state index contributed by atoms with van der Waals surface area (Å²) in [6.07, 6.45) is 1.55. The molecule has 3 aromatic rings. The topological polar surface area (TPSA) is 95.7 Å². The predicted octanol–water partition coefficient (Wildman–Crippen LogP) is 5.08. The molecule has 0 amide bonds. The van der Waals surface area contributed by atoms with Gasteiger partial charge in [-0.3, -0.25) is 14.9 Å². The van der Waals surface area contributed by atoms with Crippen LogP contribution in [0, 0.1) is 10.1 Å². The molecule has 0 saturated carbocycles. The van der Waals surface area contributed by atoms with Crippen molar-refractivity contribution in [2.45, 2.75) is 0 Å². The summed E-state index contributed by atoms with van der Waals surface area (Å²) >= 11 is 6.12. The SMILES string of the molecule is O=C(Oc1ccc2c(c1)O/C(=C\c1ccccc1Cl)C2=O)c1ccc([N+](=O)[O-])cc1. The summed E-state index contributed by atoms with van der Waals surface area (Å²) in [4.78, 5) is 35.0. The van der Waals surface area contributed by atoms with Gasteiger partial charge in [0.2, 0.25) is 5.78 Å². The number of nitro groups is 1. The Bertz CT molecular complexity index is 1220. The molecule has 0 fully saturated rings. The van der Waals surface area contributed by atoms with Gasteiger partial charge < -0.3 is 9.47 Å². The number of ketones is 1. The number of rotatable bonds is 4. The lowest BCUT2D eigenvalue weighted by molar-refractivity contribution is -0.384. The van der Waals surface area contributed by atoms with Crippen LogP contribution in [0.4, 0.5) is 5.69 Å². The lowest BCUT2D eigenvalue weighted by Gasteiger charge is -2.05. The summed E-state index contributed by atoms with van der Waals surface area (Å²) in [5, 5.41) is 11.2. The van der Waals surface area contributed by atoms with Crippen molar-refractivity contribution in [1.29, 1.82) is 0 Å². The number of esters is 1. The monoisotopic (exact) mass is 421 g/mol. The number of hydrogen-bond acceptors (Lipinski definition) is 6. The van der Waals surface area contributed by atoms with Crippen LogP contribution >= 0.6 is 11.6 Å². The van der Waals surface area contributed by atoms with Crippen LogP contribution in [0.1, 0.15) is 26.3 Å². The normalized spacial score (nSPS) is 13.6. The van der Waals surface area contributed by atoms with Crippen LogP contribution < -0.4 is 9.47 Å². The summed E-state index contributed by atoms with van der Waals surface area (Å²) in [6.45, 7) is 0. The third-order valence-electron chi connectivity index (χ3n) is 4.36. The van der Waals surface area contributed by atoms with E-state index in [0.717, 1.165) is 0 Å². The number of ether oxygens (including phenoxy) is 2. The van der Waals surface area contributed by atoms with Gasteiger partial charge in [0.25, 0.3) is 5.69 Å². The molecule has 0 bridgehead atoms. The summed E-state index contributed by atoms with van der Waals surface area (Å²) in [6, 6.07) is 16.5. The minimum Gasteiger partial charge on any atom is -0.452 e. The number of carbonyl (C=O) groups is 2. The van der Waals surface area contributed by atoms with E-state index in [4.69, 9.17) is 21.1 Å². The van der Waals surface area contributed by atoms with Crippen molar-refractivity contribution < 1.29 is 24.0 Å². The highest BCUT2D eigenvalue weighted by Gasteiger charge is 2.28. The van der Waals surface area contributed by atoms with Gasteiger partial charge in [0.05, 0.1) is 16.1 Å². The summed E-state index contributed by atoms with van der Waals surface area (Å²) in [5.41, 5.74) is 0.995. The lowest BCUT2D eigenvalue weighted by atomic mass is 10.1. The first-order valence-corrected chi connectivity index (χ1v) is 9.09. The second kappa shape index (κ2) is 7.81. The van der Waals surface area contributed by atoms with Crippen LogP contribution in [0.25, 0.3) is 6.08 Å². The highest BCUT2D eigenvalue weighted by molar-refractivity contribution is 6.32. The van der Waals surface area contributed by atoms with Gasteiger partial charge in [-0.15, -0.1) is 0 Å². The molecule has 0 atom stereocenters. The first-order chi connectivity index (χ1) is 14.4. The van der Waals surface area contributed by atoms with Gasteiger partial charge in [-0.1, -0.05) is 29.8 Å². The number of nitrogens with zero attached hydrogens (tertiary/aromatic N) is 1. The smallest absolute Gasteiger partial charge is 0.343 e. The van der Waals surface area contributed by atoms with E-state index in [0.29, 0.717) is 16.1 Å². The van der Waals surface area contributed by atoms with E-state index in [1.165, 1.54) is 42.5 Å². The van der Waals surface area contributed by atoms with Crippen molar-refractivity contribution in [2.24, 2.45) is 0 Å². The Morgan fingerprint density at radius 3 is 2.50 bits per heavy atom. The number of fused-ring (bicyclic) bond motifs is 1. The molecular formula is C22H12ClNO6. The molecule has 7 nitrogen and oxygen atoms in total. The molecule has 30 heavy (non-hydrogen) atoms. The van der Waals surface area contributed by atoms with Crippen LogP contribution in [0.2, 0.25) is 5.02 Å². The van der Waals surface area contributed by atoms with Crippen molar-refractivity contribution in [3.8, 4) is 11.5 Å². The zero-order valence-electron chi connectivity index (χ0n) is 15.2. The van der Waals surface area contributed by atoms with Crippen molar-refractivity contribution in [1.82, 2.24) is 0 Å². The predicted molar refractivity (Wildman–Crippen MR) is 109 cm³/mol. The number of hydrogen-bond donors (Lipinski definition) is 0. The van der Waals surface area contributed by atoms with Crippen molar-refractivity contribution >= 4 is 35.1 Å². The van der Waals surface area contributed by atoms with Crippen LogP contribution in [-0.2, 0) is 0 Å². The Morgan fingerprint density at radius 2 is 1.80 bits per heavy atom. The average Bonchev–Trinajstić information content (AvgIpc) is 3.04. The molecule has 0 spiro atoms. The van der Waals surface area contributed by atoms with Gasteiger partial charge in [-0.05, 0) is 42.0 Å². The molecule has 148 valence electrons. The first kappa shape index (κ1) is 19.4. The number of benzene rings is 3. The Balaban J connectivity index is 1.53. The van der Waals surface area contributed by atoms with Crippen LogP contribution in [0.3, 0.4) is 0 Å². The Labute approximate surface area is 175 Å². The second-order valence-corrected chi connectivity index (χ2v) is 6.72. The molecule has 3 aromatic carbocycles. The Hall–Kier alpha value is -3.97. The largest absolute Gasteiger partial charge is 0.452 e. The van der Waals surface area contributed by atoms with Gasteiger partial charge in [-0.25, -0.2) is 4.79 Å². The molecule has 1 heterocycles. The Kier molecular flexibility index (Phi) is 5.04. The number of Topliss-reactive ketones (excluding diaryl/α,β-unsaturated/α-hetero) is 1. The number of non-ortho nitro benzene ring substituents is 1. The molecule has 4 rings (SSSR count). The molecule has 0 aromatic heterocycles. The van der Waals surface area contributed by atoms with Crippen molar-refractivity contribution in [2.75, 3.05) is 0 Å². The highest BCUT2D eigenvalue weighted by atomic mass is 35.5. The second-order valence-electron chi connectivity index (χ2n) is 6.31. The summed E-state index contributed by atoms with van der Waals surface area (Å²) < 4.78 is 10.9. The van der Waals surface area contributed by atoms with E-state index >= 15 is 0 Å². The van der Waals surface area contributed by atoms with E-state index in [1.54, 1.807) is 30.3 Å². The number of carbonyl (C=O) groups excluding carboxylic acids is 2. The molecule has 0 radical (unpaired) electrons. The maximum Gasteiger partial charge on any atom is 0.343 e. The Morgan fingerprint density at radius 1 is 1.07 bits per heavy atom. The molecular weight excluding hydrogens is 410 g/mol. The third kappa shape index (κ3) is 3.78. The van der Waals surface area contributed by atoms with Crippen molar-refractivity contribution in [3.63, 3.8) is 0 Å². The average molecular weight is 422 g/mol. The minimum absolute atomic E-state index is 0.108. The van der Waals surface area contributed by atoms with Gasteiger partial charge in [0, 0.05) is 23.2 Å². The molecule has 1 aliphatic rings. The molecule has 0 saturated heterocycles. The van der Waals surface area contributed by atoms with E-state index < -0.39 is 10.9 Å². The van der Waals surface area contributed by atoms with Gasteiger partial charge in [0.15, 0.2) is 5.76 Å². The molecule has 0 N–H and O–H groups in total. The van der Waals surface area contributed by atoms with E-state index in [9.17, 15) is 19.7 Å². The fourth-order valence-corrected chi connectivity index (χ4v) is 3.04. The fourth-order valence-electron chi connectivity index (χ4n) is 2.85. The third-order valence-corrected chi connectivity index (χ3v) is 4.70. The minimum atomic E-state index is -0.694. The highest BCUT2D eigenvalue weighted by Crippen LogP contribution is 2.35. The van der Waals surface area contributed by atoms with E-state index in [-0.39, 0.29) is 34.3 Å². The maximum absolute atomic E-state index is 12.6. The van der Waals surface area contributed by atoms with Crippen LogP contribution in [0.15, 0.2) is 72.5 Å². The molecule has 1 aliphatic heterocycles. The fraction of sp³-hybridized carbons (Fsp3) is 0. The lowest BCUT2D eigenvalue weighted by Crippen LogP contribution is -2.08. The molecule has 0 unspecified atom stereocenters. The summed E-state index contributed by atoms with van der Waals surface area (Å²) in [5.74, 6) is -0.465. The first-order valence-electron chi connectivity index (χ1n) is 8.72. The van der Waals surface area contributed by atoms with E-state index in [1.807, 2.05) is 0 Å². The van der Waals surface area contributed by atoms with E-state index in [2.05, 4.69) is 0 Å². The van der Waals surface area contributed by atoms with Crippen LogP contribution in [-0.4, -0.2) is 16.7 Å². The number of allylic oxidation sites excluding steroid dienone is 1. The quantitative estimate of drug-likeness (QED) is 0.191.